The third kappa shape index (κ3) is 3.33. The van der Waals surface area contributed by atoms with Crippen LogP contribution in [0.5, 0.6) is 0 Å². The van der Waals surface area contributed by atoms with Crippen molar-refractivity contribution in [3.63, 3.8) is 0 Å². The minimum absolute atomic E-state index is 0.00986. The van der Waals surface area contributed by atoms with E-state index in [0.717, 1.165) is 13.0 Å². The van der Waals surface area contributed by atoms with Gasteiger partial charge in [-0.3, -0.25) is 9.59 Å². The minimum atomic E-state index is -1.10. The smallest absolute Gasteiger partial charge is 0.312 e. The van der Waals surface area contributed by atoms with Crippen molar-refractivity contribution in [3.8, 4) is 0 Å². The van der Waals surface area contributed by atoms with Crippen LogP contribution >= 0.6 is 0 Å². The summed E-state index contributed by atoms with van der Waals surface area (Å²) in [7, 11) is 0. The van der Waals surface area contributed by atoms with Crippen molar-refractivity contribution in [2.75, 3.05) is 13.2 Å². The molecule has 1 fully saturated rings. The molecule has 5 nitrogen and oxygen atoms in total. The number of nitrogens with one attached hydrogen (secondary N) is 1. The summed E-state index contributed by atoms with van der Waals surface area (Å²) in [4.78, 5) is 21.3. The van der Waals surface area contributed by atoms with Crippen molar-refractivity contribution >= 4 is 11.9 Å². The van der Waals surface area contributed by atoms with Gasteiger partial charge < -0.3 is 15.2 Å². The number of carboxylic acid groups (broad SMARTS) is 1. The van der Waals surface area contributed by atoms with Gasteiger partial charge in [-0.05, 0) is 13.3 Å². The number of ether oxygens (including phenoxy) is 1. The van der Waals surface area contributed by atoms with Crippen LogP contribution in [0.25, 0.3) is 0 Å². The normalized spacial score (nSPS) is 23.1. The SMILES string of the molecule is CC(NC(=O)CC(=O)O)C1CCOC1. The number of hydrogen-bond acceptors (Lipinski definition) is 3. The highest BCUT2D eigenvalue weighted by Crippen LogP contribution is 2.16. The number of carbonyl (C=O) groups is 2. The molecule has 5 heteroatoms. The first kappa shape index (κ1) is 11.0. The number of carbonyl (C=O) groups excluding carboxylic acids is 1. The Kier molecular flexibility index (Phi) is 3.88. The molecule has 0 aromatic heterocycles. The van der Waals surface area contributed by atoms with Crippen LogP contribution in [0, 0.1) is 5.92 Å². The summed E-state index contributed by atoms with van der Waals surface area (Å²) in [5.74, 6) is -1.22. The standard InChI is InChI=1S/C9H15NO4/c1-6(7-2-3-14-5-7)10-8(11)4-9(12)13/h6-7H,2-5H2,1H3,(H,10,11)(H,12,13). The van der Waals surface area contributed by atoms with Crippen LogP contribution in [0.15, 0.2) is 0 Å². The fourth-order valence-corrected chi connectivity index (χ4v) is 1.51. The fourth-order valence-electron chi connectivity index (χ4n) is 1.51. The Bertz CT molecular complexity index is 223. The predicted molar refractivity (Wildman–Crippen MR) is 48.8 cm³/mol. The van der Waals surface area contributed by atoms with Crippen LogP contribution in [0.2, 0.25) is 0 Å². The van der Waals surface area contributed by atoms with Gasteiger partial charge in [0.15, 0.2) is 0 Å². The van der Waals surface area contributed by atoms with Gasteiger partial charge in [0.2, 0.25) is 5.91 Å². The van der Waals surface area contributed by atoms with Crippen LogP contribution in [-0.2, 0) is 14.3 Å². The maximum atomic E-state index is 11.1. The van der Waals surface area contributed by atoms with Gasteiger partial charge in [0, 0.05) is 18.6 Å². The van der Waals surface area contributed by atoms with Gasteiger partial charge in [-0.2, -0.15) is 0 Å². The fraction of sp³-hybridized carbons (Fsp3) is 0.778. The molecule has 0 aromatic carbocycles. The number of aliphatic carboxylic acids is 1. The molecule has 0 aliphatic carbocycles. The second-order valence-corrected chi connectivity index (χ2v) is 3.55. The largest absolute Gasteiger partial charge is 0.481 e. The van der Waals surface area contributed by atoms with E-state index in [2.05, 4.69) is 5.32 Å². The molecular weight excluding hydrogens is 186 g/mol. The first-order chi connectivity index (χ1) is 6.59. The molecular formula is C9H15NO4. The van der Waals surface area contributed by atoms with E-state index in [1.54, 1.807) is 0 Å². The molecule has 1 amide bonds. The molecule has 1 heterocycles. The van der Waals surface area contributed by atoms with Gasteiger partial charge in [-0.1, -0.05) is 0 Å². The zero-order chi connectivity index (χ0) is 10.6. The second kappa shape index (κ2) is 4.95. The van der Waals surface area contributed by atoms with E-state index in [1.165, 1.54) is 0 Å². The van der Waals surface area contributed by atoms with E-state index < -0.39 is 18.3 Å². The average Bonchev–Trinajstić information content (AvgIpc) is 2.53. The Morgan fingerprint density at radius 1 is 1.64 bits per heavy atom. The molecule has 2 atom stereocenters. The number of rotatable bonds is 4. The summed E-state index contributed by atoms with van der Waals surface area (Å²) >= 11 is 0. The summed E-state index contributed by atoms with van der Waals surface area (Å²) in [6.45, 7) is 3.25. The van der Waals surface area contributed by atoms with Gasteiger partial charge in [0.05, 0.1) is 6.61 Å². The van der Waals surface area contributed by atoms with Gasteiger partial charge in [0.25, 0.3) is 0 Å². The lowest BCUT2D eigenvalue weighted by Gasteiger charge is -2.18. The summed E-state index contributed by atoms with van der Waals surface area (Å²) in [6.07, 6.45) is 0.465. The molecule has 0 spiro atoms. The van der Waals surface area contributed by atoms with Crippen LogP contribution in [-0.4, -0.2) is 36.2 Å². The highest BCUT2D eigenvalue weighted by molar-refractivity contribution is 5.93. The quantitative estimate of drug-likeness (QED) is 0.628. The van der Waals surface area contributed by atoms with E-state index in [4.69, 9.17) is 9.84 Å². The first-order valence-electron chi connectivity index (χ1n) is 4.68. The Hall–Kier alpha value is -1.10. The Balaban J connectivity index is 2.28. The monoisotopic (exact) mass is 201 g/mol. The van der Waals surface area contributed by atoms with E-state index in [1.807, 2.05) is 6.92 Å². The highest BCUT2D eigenvalue weighted by atomic mass is 16.5. The summed E-state index contributed by atoms with van der Waals surface area (Å²) < 4.78 is 5.17. The molecule has 2 unspecified atom stereocenters. The molecule has 1 rings (SSSR count). The third-order valence-electron chi connectivity index (χ3n) is 2.37. The molecule has 1 aliphatic heterocycles. The molecule has 0 saturated carbocycles. The van der Waals surface area contributed by atoms with Crippen molar-refractivity contribution in [2.24, 2.45) is 5.92 Å². The zero-order valence-corrected chi connectivity index (χ0v) is 8.16. The Morgan fingerprint density at radius 2 is 2.36 bits per heavy atom. The van der Waals surface area contributed by atoms with Crippen molar-refractivity contribution in [3.05, 3.63) is 0 Å². The Morgan fingerprint density at radius 3 is 2.86 bits per heavy atom. The summed E-state index contributed by atoms with van der Waals surface area (Å²) in [5, 5.41) is 11.0. The maximum absolute atomic E-state index is 11.1. The van der Waals surface area contributed by atoms with Crippen molar-refractivity contribution in [2.45, 2.75) is 25.8 Å². The average molecular weight is 201 g/mol. The van der Waals surface area contributed by atoms with Crippen LogP contribution in [0.1, 0.15) is 19.8 Å². The molecule has 0 bridgehead atoms. The second-order valence-electron chi connectivity index (χ2n) is 3.55. The zero-order valence-electron chi connectivity index (χ0n) is 8.16. The van der Waals surface area contributed by atoms with E-state index in [0.29, 0.717) is 12.5 Å². The molecule has 14 heavy (non-hydrogen) atoms. The van der Waals surface area contributed by atoms with Gasteiger partial charge in [-0.15, -0.1) is 0 Å². The van der Waals surface area contributed by atoms with Gasteiger partial charge in [0.1, 0.15) is 6.42 Å². The van der Waals surface area contributed by atoms with Crippen LogP contribution < -0.4 is 5.32 Å². The van der Waals surface area contributed by atoms with Crippen molar-refractivity contribution < 1.29 is 19.4 Å². The summed E-state index contributed by atoms with van der Waals surface area (Å²) in [6, 6.07) is -0.00986. The lowest BCUT2D eigenvalue weighted by molar-refractivity contribution is -0.140. The van der Waals surface area contributed by atoms with E-state index >= 15 is 0 Å². The molecule has 1 aliphatic rings. The maximum Gasteiger partial charge on any atom is 0.312 e. The van der Waals surface area contributed by atoms with E-state index in [-0.39, 0.29) is 6.04 Å². The lowest BCUT2D eigenvalue weighted by Crippen LogP contribution is -2.39. The molecule has 0 radical (unpaired) electrons. The Labute approximate surface area is 82.4 Å². The number of hydrogen-bond donors (Lipinski definition) is 2. The van der Waals surface area contributed by atoms with Crippen molar-refractivity contribution in [1.29, 1.82) is 0 Å². The third-order valence-corrected chi connectivity index (χ3v) is 2.37. The van der Waals surface area contributed by atoms with Crippen molar-refractivity contribution in [1.82, 2.24) is 5.32 Å². The highest BCUT2D eigenvalue weighted by Gasteiger charge is 2.23. The molecule has 0 aromatic rings. The first-order valence-corrected chi connectivity index (χ1v) is 4.68. The van der Waals surface area contributed by atoms with E-state index in [9.17, 15) is 9.59 Å². The number of carboxylic acids is 1. The number of amides is 1. The molecule has 2 N–H and O–H groups in total. The lowest BCUT2D eigenvalue weighted by atomic mass is 10.0. The summed E-state index contributed by atoms with van der Waals surface area (Å²) in [5.41, 5.74) is 0. The van der Waals surface area contributed by atoms with Crippen LogP contribution in [0.3, 0.4) is 0 Å². The van der Waals surface area contributed by atoms with Gasteiger partial charge in [-0.25, -0.2) is 0 Å². The van der Waals surface area contributed by atoms with Crippen LogP contribution in [0.4, 0.5) is 0 Å². The topological polar surface area (TPSA) is 75.6 Å². The molecule has 80 valence electrons. The molecule has 1 saturated heterocycles. The minimum Gasteiger partial charge on any atom is -0.481 e. The predicted octanol–water partition coefficient (Wildman–Crippen LogP) is 0.00230. The van der Waals surface area contributed by atoms with Gasteiger partial charge >= 0.3 is 5.97 Å².